The van der Waals surface area contributed by atoms with Crippen LogP contribution < -0.4 is 5.32 Å². The Morgan fingerprint density at radius 3 is 2.39 bits per heavy atom. The number of likely N-dealkylation sites (N-methyl/N-ethyl adjacent to an activating group) is 1. The van der Waals surface area contributed by atoms with Gasteiger partial charge >= 0.3 is 5.97 Å². The van der Waals surface area contributed by atoms with Crippen LogP contribution in [-0.4, -0.2) is 42.9 Å². The summed E-state index contributed by atoms with van der Waals surface area (Å²) in [6.45, 7) is 1.48. The number of hydrogen-bond acceptors (Lipinski definition) is 4. The Bertz CT molecular complexity index is 1090. The van der Waals surface area contributed by atoms with E-state index in [-0.39, 0.29) is 18.9 Å². The number of carbonyl (C=O) groups is 3. The van der Waals surface area contributed by atoms with Gasteiger partial charge in [0.2, 0.25) is 5.91 Å². The summed E-state index contributed by atoms with van der Waals surface area (Å²) in [5.74, 6) is -1.23. The van der Waals surface area contributed by atoms with Crippen molar-refractivity contribution in [3.8, 4) is 0 Å². The summed E-state index contributed by atoms with van der Waals surface area (Å²) in [4.78, 5) is 38.1. The molecule has 0 heterocycles. The van der Waals surface area contributed by atoms with Gasteiger partial charge in [0, 0.05) is 12.7 Å². The minimum Gasteiger partial charge on any atom is -0.455 e. The first-order valence-electron chi connectivity index (χ1n) is 10.2. The highest BCUT2D eigenvalue weighted by Gasteiger charge is 2.16. The predicted molar refractivity (Wildman–Crippen MR) is 121 cm³/mol. The fraction of sp³-hybridized carbons (Fsp3) is 0.240. The van der Waals surface area contributed by atoms with E-state index < -0.39 is 18.5 Å². The highest BCUT2D eigenvalue weighted by Crippen LogP contribution is 2.19. The maximum Gasteiger partial charge on any atom is 0.310 e. The van der Waals surface area contributed by atoms with Crippen LogP contribution in [0.4, 0.5) is 5.69 Å². The largest absolute Gasteiger partial charge is 0.455 e. The van der Waals surface area contributed by atoms with E-state index in [0.29, 0.717) is 0 Å². The van der Waals surface area contributed by atoms with E-state index in [1.165, 1.54) is 11.9 Å². The number of fused-ring (bicyclic) bond motifs is 1. The zero-order valence-corrected chi connectivity index (χ0v) is 17.8. The monoisotopic (exact) mass is 418 g/mol. The molecule has 0 fully saturated rings. The molecule has 0 saturated heterocycles. The molecule has 0 aliphatic carbocycles. The highest BCUT2D eigenvalue weighted by atomic mass is 16.5. The van der Waals surface area contributed by atoms with E-state index in [4.69, 9.17) is 4.74 Å². The molecule has 0 bridgehead atoms. The van der Waals surface area contributed by atoms with Gasteiger partial charge < -0.3 is 15.0 Å². The normalized spacial score (nSPS) is 10.5. The van der Waals surface area contributed by atoms with E-state index in [1.54, 1.807) is 0 Å². The fourth-order valence-corrected chi connectivity index (χ4v) is 3.35. The number of esters is 1. The molecule has 160 valence electrons. The quantitative estimate of drug-likeness (QED) is 0.568. The molecule has 0 atom stereocenters. The molecule has 6 heteroatoms. The summed E-state index contributed by atoms with van der Waals surface area (Å²) in [6, 6.07) is 21.1. The van der Waals surface area contributed by atoms with E-state index in [2.05, 4.69) is 5.32 Å². The Labute approximate surface area is 181 Å². The van der Waals surface area contributed by atoms with Crippen LogP contribution in [0.2, 0.25) is 0 Å². The standard InChI is InChI=1S/C25H26N2O4/c1-3-18-9-5-7-14-22(18)26-23(28)16-27(2)24(29)17-31-25(30)15-20-12-8-11-19-10-4-6-13-21(19)20/h4-14H,3,15-17H2,1-2H3,(H,26,28). The lowest BCUT2D eigenvalue weighted by Gasteiger charge is -2.17. The van der Waals surface area contributed by atoms with Crippen molar-refractivity contribution in [3.05, 3.63) is 77.9 Å². The number of rotatable bonds is 8. The second kappa shape index (κ2) is 10.4. The Morgan fingerprint density at radius 2 is 1.58 bits per heavy atom. The van der Waals surface area contributed by atoms with Crippen molar-refractivity contribution in [2.75, 3.05) is 25.5 Å². The van der Waals surface area contributed by atoms with Crippen molar-refractivity contribution >= 4 is 34.2 Å². The fourth-order valence-electron chi connectivity index (χ4n) is 3.35. The van der Waals surface area contributed by atoms with Gasteiger partial charge in [-0.25, -0.2) is 0 Å². The molecule has 0 aromatic heterocycles. The van der Waals surface area contributed by atoms with E-state index in [0.717, 1.165) is 34.0 Å². The second-order valence-electron chi connectivity index (χ2n) is 7.28. The summed E-state index contributed by atoms with van der Waals surface area (Å²) in [6.07, 6.45) is 0.866. The third kappa shape index (κ3) is 5.92. The lowest BCUT2D eigenvalue weighted by atomic mass is 10.0. The van der Waals surface area contributed by atoms with Gasteiger partial charge in [-0.05, 0) is 34.4 Å². The van der Waals surface area contributed by atoms with Crippen LogP contribution in [0.3, 0.4) is 0 Å². The van der Waals surface area contributed by atoms with Crippen LogP contribution in [0.5, 0.6) is 0 Å². The van der Waals surface area contributed by atoms with Gasteiger partial charge in [0.05, 0.1) is 13.0 Å². The zero-order valence-electron chi connectivity index (χ0n) is 17.8. The molecule has 0 spiro atoms. The molecule has 31 heavy (non-hydrogen) atoms. The number of nitrogens with one attached hydrogen (secondary N) is 1. The second-order valence-corrected chi connectivity index (χ2v) is 7.28. The van der Waals surface area contributed by atoms with Gasteiger partial charge in [-0.2, -0.15) is 0 Å². The summed E-state index contributed by atoms with van der Waals surface area (Å²) < 4.78 is 5.15. The van der Waals surface area contributed by atoms with Crippen molar-refractivity contribution in [2.45, 2.75) is 19.8 Å². The van der Waals surface area contributed by atoms with Crippen molar-refractivity contribution in [1.82, 2.24) is 4.90 Å². The third-order valence-corrected chi connectivity index (χ3v) is 5.05. The molecular weight excluding hydrogens is 392 g/mol. The number of para-hydroxylation sites is 1. The van der Waals surface area contributed by atoms with Crippen LogP contribution in [0.15, 0.2) is 66.7 Å². The first kappa shape index (κ1) is 22.0. The van der Waals surface area contributed by atoms with Crippen LogP contribution in [0.1, 0.15) is 18.1 Å². The van der Waals surface area contributed by atoms with Gasteiger partial charge in [-0.1, -0.05) is 67.6 Å². The smallest absolute Gasteiger partial charge is 0.310 e. The molecular formula is C25H26N2O4. The lowest BCUT2D eigenvalue weighted by molar-refractivity contribution is -0.151. The molecule has 3 rings (SSSR count). The number of carbonyl (C=O) groups excluding carboxylic acids is 3. The molecule has 3 aromatic carbocycles. The first-order valence-corrected chi connectivity index (χ1v) is 10.2. The predicted octanol–water partition coefficient (Wildman–Crippen LogP) is 3.59. The zero-order chi connectivity index (χ0) is 22.2. The van der Waals surface area contributed by atoms with Crippen LogP contribution >= 0.6 is 0 Å². The average Bonchev–Trinajstić information content (AvgIpc) is 2.78. The Hall–Kier alpha value is -3.67. The Morgan fingerprint density at radius 1 is 0.903 bits per heavy atom. The maximum atomic E-state index is 12.3. The molecule has 0 saturated carbocycles. The molecule has 0 aliphatic rings. The van der Waals surface area contributed by atoms with Crippen LogP contribution in [-0.2, 0) is 32.0 Å². The van der Waals surface area contributed by atoms with Gasteiger partial charge in [-0.3, -0.25) is 14.4 Å². The highest BCUT2D eigenvalue weighted by molar-refractivity contribution is 5.95. The summed E-state index contributed by atoms with van der Waals surface area (Å²) in [5.41, 5.74) is 2.60. The van der Waals surface area contributed by atoms with Crippen molar-refractivity contribution in [1.29, 1.82) is 0 Å². The van der Waals surface area contributed by atoms with Gasteiger partial charge in [0.15, 0.2) is 6.61 Å². The Kier molecular flexibility index (Phi) is 7.38. The third-order valence-electron chi connectivity index (χ3n) is 5.05. The maximum absolute atomic E-state index is 12.3. The summed E-state index contributed by atoms with van der Waals surface area (Å²) in [5, 5.41) is 4.84. The minimum absolute atomic E-state index is 0.0760. The molecule has 2 amide bonds. The molecule has 0 unspecified atom stereocenters. The number of amides is 2. The molecule has 6 nitrogen and oxygen atoms in total. The summed E-state index contributed by atoms with van der Waals surface area (Å²) >= 11 is 0. The van der Waals surface area contributed by atoms with Crippen molar-refractivity contribution < 1.29 is 19.1 Å². The number of aryl methyl sites for hydroxylation is 1. The molecule has 1 N–H and O–H groups in total. The topological polar surface area (TPSA) is 75.7 Å². The number of benzene rings is 3. The molecule has 0 aliphatic heterocycles. The summed E-state index contributed by atoms with van der Waals surface area (Å²) in [7, 11) is 1.51. The minimum atomic E-state index is -0.487. The van der Waals surface area contributed by atoms with Crippen molar-refractivity contribution in [3.63, 3.8) is 0 Å². The van der Waals surface area contributed by atoms with E-state index in [9.17, 15) is 14.4 Å². The first-order chi connectivity index (χ1) is 15.0. The number of anilines is 1. The van der Waals surface area contributed by atoms with Crippen molar-refractivity contribution in [2.24, 2.45) is 0 Å². The Balaban J connectivity index is 1.49. The van der Waals surface area contributed by atoms with Gasteiger partial charge in [0.25, 0.3) is 5.91 Å². The molecule has 0 radical (unpaired) electrons. The number of ether oxygens (including phenoxy) is 1. The van der Waals surface area contributed by atoms with Crippen LogP contribution in [0.25, 0.3) is 10.8 Å². The SMILES string of the molecule is CCc1ccccc1NC(=O)CN(C)C(=O)COC(=O)Cc1cccc2ccccc12. The average molecular weight is 418 g/mol. The number of nitrogens with zero attached hydrogens (tertiary/aromatic N) is 1. The molecule has 3 aromatic rings. The number of hydrogen-bond donors (Lipinski definition) is 1. The lowest BCUT2D eigenvalue weighted by Crippen LogP contribution is -2.37. The van der Waals surface area contributed by atoms with E-state index >= 15 is 0 Å². The van der Waals surface area contributed by atoms with Gasteiger partial charge in [-0.15, -0.1) is 0 Å². The van der Waals surface area contributed by atoms with Crippen LogP contribution in [0, 0.1) is 0 Å². The van der Waals surface area contributed by atoms with Gasteiger partial charge in [0.1, 0.15) is 0 Å². The van der Waals surface area contributed by atoms with E-state index in [1.807, 2.05) is 73.7 Å².